The van der Waals surface area contributed by atoms with Gasteiger partial charge >= 0.3 is 5.97 Å². The number of thioether (sulfide) groups is 1. The van der Waals surface area contributed by atoms with Crippen molar-refractivity contribution >= 4 is 52.4 Å². The van der Waals surface area contributed by atoms with E-state index in [1.54, 1.807) is 0 Å². The molecular formula is C36H38ClNO3S. The minimum Gasteiger partial charge on any atom is -0.481 e. The van der Waals surface area contributed by atoms with Crippen LogP contribution in [0.25, 0.3) is 23.1 Å². The quantitative estimate of drug-likeness (QED) is 0.170. The first-order valence-electron chi connectivity index (χ1n) is 14.5. The van der Waals surface area contributed by atoms with Gasteiger partial charge in [-0.25, -0.2) is 4.98 Å². The van der Waals surface area contributed by atoms with E-state index in [-0.39, 0.29) is 16.6 Å². The second-order valence-electron chi connectivity index (χ2n) is 12.3. The second kappa shape index (κ2) is 12.2. The fraction of sp³-hybridized carbons (Fsp3) is 0.333. The molecule has 3 aromatic carbocycles. The summed E-state index contributed by atoms with van der Waals surface area (Å²) in [4.78, 5) is 16.3. The van der Waals surface area contributed by atoms with E-state index in [4.69, 9.17) is 16.6 Å². The van der Waals surface area contributed by atoms with Crippen molar-refractivity contribution < 1.29 is 15.0 Å². The molecule has 42 heavy (non-hydrogen) atoms. The molecule has 5 rings (SSSR count). The number of nitrogens with zero attached hydrogens (tertiary/aromatic N) is 1. The molecule has 6 heteroatoms. The maximum Gasteiger partial charge on any atom is 0.303 e. The van der Waals surface area contributed by atoms with Crippen LogP contribution in [0.5, 0.6) is 0 Å². The van der Waals surface area contributed by atoms with Crippen LogP contribution in [-0.2, 0) is 21.6 Å². The van der Waals surface area contributed by atoms with Crippen LogP contribution in [-0.4, -0.2) is 26.9 Å². The summed E-state index contributed by atoms with van der Waals surface area (Å²) in [6, 6.07) is 26.5. The van der Waals surface area contributed by atoms with Crippen LogP contribution in [0, 0.1) is 5.41 Å². The van der Waals surface area contributed by atoms with E-state index in [2.05, 4.69) is 49.4 Å². The highest BCUT2D eigenvalue weighted by Crippen LogP contribution is 2.55. The standard InChI is InChI=1S/C36H38ClNO3S/c1-34(2,41)31-10-5-4-8-26(31)17-18-35(3,42-24-36(19-20-36)23-33(39)40)28-9-6-7-25(21-28)11-15-30-16-13-27-12-14-29(37)22-32(27)38-30/h4-16,21-22,41H,17-20,23-24H2,1-3H3,(H,39,40)/b15-11+/t35-/m0/s1. The van der Waals surface area contributed by atoms with E-state index in [1.807, 2.05) is 74.1 Å². The number of aliphatic carboxylic acids is 1. The third kappa shape index (κ3) is 7.44. The van der Waals surface area contributed by atoms with Gasteiger partial charge in [0.15, 0.2) is 0 Å². The number of fused-ring (bicyclic) bond motifs is 1. The number of benzene rings is 3. The minimum atomic E-state index is -0.924. The van der Waals surface area contributed by atoms with Crippen molar-refractivity contribution in [3.05, 3.63) is 112 Å². The van der Waals surface area contributed by atoms with E-state index >= 15 is 0 Å². The van der Waals surface area contributed by atoms with Gasteiger partial charge in [-0.1, -0.05) is 78.3 Å². The molecule has 0 radical (unpaired) electrons. The Morgan fingerprint density at radius 2 is 1.76 bits per heavy atom. The Labute approximate surface area is 257 Å². The van der Waals surface area contributed by atoms with Crippen molar-refractivity contribution in [3.63, 3.8) is 0 Å². The van der Waals surface area contributed by atoms with Crippen LogP contribution in [0.4, 0.5) is 0 Å². The molecule has 1 atom stereocenters. The lowest BCUT2D eigenvalue weighted by Gasteiger charge is -2.33. The molecule has 1 fully saturated rings. The highest BCUT2D eigenvalue weighted by atomic mass is 35.5. The minimum absolute atomic E-state index is 0.106. The number of carbonyl (C=O) groups is 1. The molecule has 0 bridgehead atoms. The fourth-order valence-electron chi connectivity index (χ4n) is 5.54. The van der Waals surface area contributed by atoms with Gasteiger partial charge in [0, 0.05) is 20.9 Å². The maximum atomic E-state index is 11.6. The fourth-order valence-corrected chi connectivity index (χ4v) is 7.26. The molecule has 1 heterocycles. The molecule has 0 spiro atoms. The van der Waals surface area contributed by atoms with Gasteiger partial charge in [-0.05, 0) is 98.4 Å². The Hall–Kier alpha value is -3.12. The number of rotatable bonds is 12. The number of pyridine rings is 1. The van der Waals surface area contributed by atoms with Crippen LogP contribution in [0.2, 0.25) is 5.02 Å². The Balaban J connectivity index is 1.42. The summed E-state index contributed by atoms with van der Waals surface area (Å²) < 4.78 is -0.247. The number of carboxylic acid groups (broad SMARTS) is 1. The summed E-state index contributed by atoms with van der Waals surface area (Å²) in [5.41, 5.74) is 5.07. The number of hydrogen-bond acceptors (Lipinski definition) is 4. The molecule has 0 amide bonds. The van der Waals surface area contributed by atoms with Gasteiger partial charge < -0.3 is 10.2 Å². The van der Waals surface area contributed by atoms with Gasteiger partial charge in [-0.15, -0.1) is 0 Å². The second-order valence-corrected chi connectivity index (χ2v) is 14.3. The molecule has 218 valence electrons. The number of hydrogen-bond donors (Lipinski definition) is 2. The lowest BCUT2D eigenvalue weighted by molar-refractivity contribution is -0.138. The summed E-state index contributed by atoms with van der Waals surface area (Å²) >= 11 is 8.05. The van der Waals surface area contributed by atoms with E-state index in [0.29, 0.717) is 5.02 Å². The van der Waals surface area contributed by atoms with Crippen LogP contribution in [0.15, 0.2) is 78.9 Å². The Bertz CT molecular complexity index is 1620. The zero-order valence-corrected chi connectivity index (χ0v) is 26.0. The van der Waals surface area contributed by atoms with Crippen molar-refractivity contribution in [3.8, 4) is 0 Å². The Kier molecular flexibility index (Phi) is 8.84. The smallest absolute Gasteiger partial charge is 0.303 e. The van der Waals surface area contributed by atoms with E-state index in [9.17, 15) is 15.0 Å². The van der Waals surface area contributed by atoms with Gasteiger partial charge in [0.25, 0.3) is 0 Å². The molecular weight excluding hydrogens is 562 g/mol. The van der Waals surface area contributed by atoms with Crippen molar-refractivity contribution in [2.75, 3.05) is 5.75 Å². The van der Waals surface area contributed by atoms with Crippen LogP contribution in [0.3, 0.4) is 0 Å². The highest BCUT2D eigenvalue weighted by Gasteiger charge is 2.46. The van der Waals surface area contributed by atoms with Gasteiger partial charge in [0.1, 0.15) is 0 Å². The van der Waals surface area contributed by atoms with Crippen LogP contribution in [0.1, 0.15) is 74.4 Å². The highest BCUT2D eigenvalue weighted by molar-refractivity contribution is 8.00. The molecule has 0 unspecified atom stereocenters. The summed E-state index contributed by atoms with van der Waals surface area (Å²) in [6.45, 7) is 5.94. The Morgan fingerprint density at radius 3 is 2.50 bits per heavy atom. The number of carboxylic acids is 1. The van der Waals surface area contributed by atoms with Crippen molar-refractivity contribution in [2.24, 2.45) is 5.41 Å². The molecule has 1 aliphatic rings. The molecule has 2 N–H and O–H groups in total. The third-order valence-electron chi connectivity index (χ3n) is 8.35. The number of aromatic nitrogens is 1. The number of aryl methyl sites for hydroxylation is 1. The van der Waals surface area contributed by atoms with Crippen molar-refractivity contribution in [1.29, 1.82) is 0 Å². The summed E-state index contributed by atoms with van der Waals surface area (Å²) in [7, 11) is 0. The van der Waals surface area contributed by atoms with Gasteiger partial charge in [-0.2, -0.15) is 11.8 Å². The van der Waals surface area contributed by atoms with E-state index in [1.165, 1.54) is 5.56 Å². The average molecular weight is 600 g/mol. The van der Waals surface area contributed by atoms with Crippen LogP contribution < -0.4 is 0 Å². The Morgan fingerprint density at radius 1 is 1.00 bits per heavy atom. The molecule has 0 saturated heterocycles. The van der Waals surface area contributed by atoms with Crippen molar-refractivity contribution in [2.45, 2.75) is 63.2 Å². The van der Waals surface area contributed by atoms with E-state index in [0.717, 1.165) is 64.7 Å². The SMILES string of the molecule is CC(C)(O)c1ccccc1CC[C@](C)(SCC1(CC(=O)O)CC1)c1cccc(/C=C/c2ccc3ccc(Cl)cc3n2)c1. The lowest BCUT2D eigenvalue weighted by Crippen LogP contribution is -2.24. The van der Waals surface area contributed by atoms with Crippen LogP contribution >= 0.6 is 23.4 Å². The lowest BCUT2D eigenvalue weighted by atomic mass is 9.87. The van der Waals surface area contributed by atoms with Gasteiger partial charge in [0.2, 0.25) is 0 Å². The average Bonchev–Trinajstić information content (AvgIpc) is 3.72. The van der Waals surface area contributed by atoms with E-state index < -0.39 is 11.6 Å². The summed E-state index contributed by atoms with van der Waals surface area (Å²) in [5.74, 6) is 0.0951. The molecule has 1 aliphatic carbocycles. The zero-order chi connectivity index (χ0) is 30.0. The molecule has 1 aromatic heterocycles. The zero-order valence-electron chi connectivity index (χ0n) is 24.4. The maximum absolute atomic E-state index is 11.6. The first kappa shape index (κ1) is 30.3. The monoisotopic (exact) mass is 599 g/mol. The predicted molar refractivity (Wildman–Crippen MR) is 176 cm³/mol. The third-order valence-corrected chi connectivity index (χ3v) is 10.4. The largest absolute Gasteiger partial charge is 0.481 e. The van der Waals surface area contributed by atoms with Gasteiger partial charge in [0.05, 0.1) is 23.2 Å². The number of aliphatic hydroxyl groups is 1. The predicted octanol–water partition coefficient (Wildman–Crippen LogP) is 9.12. The normalized spacial score (nSPS) is 16.0. The first-order valence-corrected chi connectivity index (χ1v) is 15.8. The summed E-state index contributed by atoms with van der Waals surface area (Å²) in [6.07, 6.45) is 7.93. The molecule has 4 aromatic rings. The molecule has 0 aliphatic heterocycles. The molecule has 4 nitrogen and oxygen atoms in total. The first-order chi connectivity index (χ1) is 19.9. The molecule has 1 saturated carbocycles. The topological polar surface area (TPSA) is 70.4 Å². The number of halogens is 1. The van der Waals surface area contributed by atoms with Gasteiger partial charge in [-0.3, -0.25) is 4.79 Å². The van der Waals surface area contributed by atoms with Crippen molar-refractivity contribution in [1.82, 2.24) is 4.98 Å². The summed E-state index contributed by atoms with van der Waals surface area (Å²) in [5, 5.41) is 22.0.